The number of nitrogens with one attached hydrogen (secondary N) is 1. The van der Waals surface area contributed by atoms with Crippen molar-refractivity contribution >= 4 is 11.3 Å². The summed E-state index contributed by atoms with van der Waals surface area (Å²) in [7, 11) is 1.65. The molecular weight excluding hydrogens is 282 g/mol. The summed E-state index contributed by atoms with van der Waals surface area (Å²) in [5.41, 5.74) is 2.40. The fraction of sp³-hybridized carbons (Fsp3) is 0.500. The molecule has 1 aliphatic carbocycles. The van der Waals surface area contributed by atoms with Crippen LogP contribution in [-0.4, -0.2) is 23.6 Å². The van der Waals surface area contributed by atoms with Gasteiger partial charge in [0.2, 0.25) is 5.88 Å². The zero-order chi connectivity index (χ0) is 14.7. The van der Waals surface area contributed by atoms with E-state index in [1.54, 1.807) is 24.4 Å². The van der Waals surface area contributed by atoms with Gasteiger partial charge in [-0.3, -0.25) is 4.98 Å². The second kappa shape index (κ2) is 6.54. The Morgan fingerprint density at radius 3 is 2.86 bits per heavy atom. The van der Waals surface area contributed by atoms with Crippen molar-refractivity contribution in [1.29, 1.82) is 0 Å². The number of hydrogen-bond donors (Lipinski definition) is 1. The van der Waals surface area contributed by atoms with Crippen LogP contribution < -0.4 is 10.1 Å². The lowest BCUT2D eigenvalue weighted by molar-refractivity contribution is 0.383. The lowest BCUT2D eigenvalue weighted by Crippen LogP contribution is -2.23. The molecule has 1 unspecified atom stereocenters. The van der Waals surface area contributed by atoms with E-state index >= 15 is 0 Å². The summed E-state index contributed by atoms with van der Waals surface area (Å²) in [4.78, 5) is 11.7. The number of hydrogen-bond acceptors (Lipinski definition) is 5. The quantitative estimate of drug-likeness (QED) is 0.922. The number of rotatable bonds is 5. The van der Waals surface area contributed by atoms with Gasteiger partial charge in [-0.05, 0) is 43.9 Å². The molecule has 0 spiro atoms. The van der Waals surface area contributed by atoms with Crippen molar-refractivity contribution in [2.24, 2.45) is 0 Å². The van der Waals surface area contributed by atoms with E-state index in [0.717, 1.165) is 12.2 Å². The summed E-state index contributed by atoms with van der Waals surface area (Å²) in [5.74, 6) is 0.606. The normalized spacial score (nSPS) is 15.5. The molecule has 0 bridgehead atoms. The third-order valence-electron chi connectivity index (χ3n) is 3.87. The predicted molar refractivity (Wildman–Crippen MR) is 85.1 cm³/mol. The number of thiophene rings is 1. The van der Waals surface area contributed by atoms with Gasteiger partial charge in [-0.15, -0.1) is 11.3 Å². The number of aryl methyl sites for hydroxylation is 2. The molecule has 1 atom stereocenters. The molecule has 2 aromatic heterocycles. The number of methoxy groups -OCH3 is 1. The van der Waals surface area contributed by atoms with Gasteiger partial charge >= 0.3 is 0 Å². The molecule has 0 saturated carbocycles. The van der Waals surface area contributed by atoms with Gasteiger partial charge in [0.1, 0.15) is 5.69 Å². The third-order valence-corrected chi connectivity index (χ3v) is 5.17. The summed E-state index contributed by atoms with van der Waals surface area (Å²) in [6.45, 7) is 3.00. The van der Waals surface area contributed by atoms with Crippen LogP contribution >= 0.6 is 11.3 Å². The van der Waals surface area contributed by atoms with Crippen LogP contribution in [0.15, 0.2) is 18.5 Å². The molecule has 21 heavy (non-hydrogen) atoms. The average molecular weight is 303 g/mol. The van der Waals surface area contributed by atoms with Gasteiger partial charge in [0.25, 0.3) is 0 Å². The van der Waals surface area contributed by atoms with Crippen LogP contribution in [0.3, 0.4) is 0 Å². The number of aromatic nitrogens is 2. The molecule has 5 heteroatoms. The summed E-state index contributed by atoms with van der Waals surface area (Å²) >= 11 is 1.91. The van der Waals surface area contributed by atoms with E-state index in [1.165, 1.54) is 36.1 Å². The van der Waals surface area contributed by atoms with Crippen LogP contribution in [0, 0.1) is 0 Å². The Morgan fingerprint density at radius 1 is 1.29 bits per heavy atom. The molecule has 0 fully saturated rings. The largest absolute Gasteiger partial charge is 0.480 e. The predicted octanol–water partition coefficient (Wildman–Crippen LogP) is 3.12. The lowest BCUT2D eigenvalue weighted by Gasteiger charge is -2.17. The van der Waals surface area contributed by atoms with Crippen LogP contribution in [0.4, 0.5) is 0 Å². The molecule has 0 saturated heterocycles. The monoisotopic (exact) mass is 303 g/mol. The average Bonchev–Trinajstić information content (AvgIpc) is 2.96. The number of fused-ring (bicyclic) bond motifs is 1. The second-order valence-corrected chi connectivity index (χ2v) is 6.41. The maximum Gasteiger partial charge on any atom is 0.237 e. The Hall–Kier alpha value is -1.46. The van der Waals surface area contributed by atoms with E-state index in [4.69, 9.17) is 4.74 Å². The third kappa shape index (κ3) is 2.94. The van der Waals surface area contributed by atoms with Crippen LogP contribution in [0.25, 0.3) is 0 Å². The first-order chi connectivity index (χ1) is 10.3. The fourth-order valence-electron chi connectivity index (χ4n) is 2.88. The summed E-state index contributed by atoms with van der Waals surface area (Å²) < 4.78 is 5.39. The van der Waals surface area contributed by atoms with E-state index in [2.05, 4.69) is 28.3 Å². The minimum Gasteiger partial charge on any atom is -0.480 e. The summed E-state index contributed by atoms with van der Waals surface area (Å²) in [6, 6.07) is 2.41. The SMILES string of the molecule is CCNC(c1cc2c(s1)CCCC2)c1nccnc1OC. The van der Waals surface area contributed by atoms with Gasteiger partial charge in [0.15, 0.2) is 0 Å². The minimum atomic E-state index is 0.0641. The van der Waals surface area contributed by atoms with Crippen LogP contribution in [0.5, 0.6) is 5.88 Å². The first-order valence-corrected chi connectivity index (χ1v) is 8.35. The first kappa shape index (κ1) is 14.5. The molecule has 0 amide bonds. The molecule has 3 rings (SSSR count). The standard InChI is InChI=1S/C16H21N3OS/c1-3-17-14(15-16(20-2)19-9-8-18-15)13-10-11-6-4-5-7-12(11)21-13/h8-10,14,17H,3-7H2,1-2H3. The number of ether oxygens (including phenoxy) is 1. The Kier molecular flexibility index (Phi) is 4.51. The molecule has 2 heterocycles. The summed E-state index contributed by atoms with van der Waals surface area (Å²) in [5, 5.41) is 3.53. The Morgan fingerprint density at radius 2 is 2.10 bits per heavy atom. The molecule has 1 aliphatic rings. The van der Waals surface area contributed by atoms with Gasteiger partial charge in [0, 0.05) is 22.1 Å². The van der Waals surface area contributed by atoms with Crippen molar-refractivity contribution < 1.29 is 4.74 Å². The highest BCUT2D eigenvalue weighted by Crippen LogP contribution is 2.36. The van der Waals surface area contributed by atoms with Crippen molar-refractivity contribution in [3.05, 3.63) is 39.5 Å². The summed E-state index contributed by atoms with van der Waals surface area (Å²) in [6.07, 6.45) is 8.45. The van der Waals surface area contributed by atoms with Crippen LogP contribution in [-0.2, 0) is 12.8 Å². The van der Waals surface area contributed by atoms with Gasteiger partial charge in [-0.25, -0.2) is 4.98 Å². The van der Waals surface area contributed by atoms with Crippen molar-refractivity contribution in [2.75, 3.05) is 13.7 Å². The Bertz CT molecular complexity index is 588. The van der Waals surface area contributed by atoms with E-state index in [1.807, 2.05) is 11.3 Å². The minimum absolute atomic E-state index is 0.0641. The van der Waals surface area contributed by atoms with Gasteiger partial charge in [0.05, 0.1) is 13.2 Å². The van der Waals surface area contributed by atoms with E-state index in [0.29, 0.717) is 5.88 Å². The molecular formula is C16H21N3OS. The van der Waals surface area contributed by atoms with Crippen molar-refractivity contribution in [3.8, 4) is 5.88 Å². The van der Waals surface area contributed by atoms with Gasteiger partial charge in [-0.2, -0.15) is 0 Å². The van der Waals surface area contributed by atoms with Crippen LogP contribution in [0.2, 0.25) is 0 Å². The smallest absolute Gasteiger partial charge is 0.237 e. The molecule has 0 aliphatic heterocycles. The van der Waals surface area contributed by atoms with E-state index in [-0.39, 0.29) is 6.04 Å². The fourth-order valence-corrected chi connectivity index (χ4v) is 4.22. The Balaban J connectivity index is 1.99. The van der Waals surface area contributed by atoms with Crippen molar-refractivity contribution in [3.63, 3.8) is 0 Å². The highest BCUT2D eigenvalue weighted by Gasteiger charge is 2.24. The molecule has 4 nitrogen and oxygen atoms in total. The maximum atomic E-state index is 5.39. The highest BCUT2D eigenvalue weighted by atomic mass is 32.1. The van der Waals surface area contributed by atoms with Gasteiger partial charge in [-0.1, -0.05) is 6.92 Å². The lowest BCUT2D eigenvalue weighted by atomic mass is 9.98. The first-order valence-electron chi connectivity index (χ1n) is 7.53. The van der Waals surface area contributed by atoms with Crippen LogP contribution in [0.1, 0.15) is 46.8 Å². The Labute approximate surface area is 129 Å². The van der Waals surface area contributed by atoms with Gasteiger partial charge < -0.3 is 10.1 Å². The van der Waals surface area contributed by atoms with E-state index < -0.39 is 0 Å². The second-order valence-electron chi connectivity index (χ2n) is 5.25. The molecule has 112 valence electrons. The maximum absolute atomic E-state index is 5.39. The highest BCUT2D eigenvalue weighted by molar-refractivity contribution is 7.12. The topological polar surface area (TPSA) is 47.0 Å². The zero-order valence-corrected chi connectivity index (χ0v) is 13.4. The van der Waals surface area contributed by atoms with E-state index in [9.17, 15) is 0 Å². The van der Waals surface area contributed by atoms with Crippen molar-refractivity contribution in [1.82, 2.24) is 15.3 Å². The molecule has 1 N–H and O–H groups in total. The molecule has 2 aromatic rings. The molecule has 0 aromatic carbocycles. The zero-order valence-electron chi connectivity index (χ0n) is 12.6. The van der Waals surface area contributed by atoms with Crippen molar-refractivity contribution in [2.45, 2.75) is 38.6 Å². The number of nitrogens with zero attached hydrogens (tertiary/aromatic N) is 2. The molecule has 0 radical (unpaired) electrons.